The predicted molar refractivity (Wildman–Crippen MR) is 100 cm³/mol. The van der Waals surface area contributed by atoms with Gasteiger partial charge in [-0.05, 0) is 55.3 Å². The van der Waals surface area contributed by atoms with Crippen molar-refractivity contribution >= 4 is 16.7 Å². The fourth-order valence-electron chi connectivity index (χ4n) is 2.47. The number of esters is 1. The van der Waals surface area contributed by atoms with E-state index in [-0.39, 0.29) is 11.6 Å². The van der Waals surface area contributed by atoms with Gasteiger partial charge < -0.3 is 9.47 Å². The van der Waals surface area contributed by atoms with Gasteiger partial charge in [-0.1, -0.05) is 43.3 Å². The average Bonchev–Trinajstić information content (AvgIpc) is 2.61. The summed E-state index contributed by atoms with van der Waals surface area (Å²) in [4.78, 5) is 12.4. The normalized spacial score (nSPS) is 11.3. The third-order valence-electron chi connectivity index (χ3n) is 4.25. The van der Waals surface area contributed by atoms with Crippen LogP contribution in [0, 0.1) is 0 Å². The highest BCUT2D eigenvalue weighted by Gasteiger charge is 2.17. The molecule has 3 nitrogen and oxygen atoms in total. The largest absolute Gasteiger partial charge is 0.488 e. The van der Waals surface area contributed by atoms with Crippen LogP contribution in [0.25, 0.3) is 10.8 Å². The van der Waals surface area contributed by atoms with Crippen molar-refractivity contribution in [2.24, 2.45) is 0 Å². The maximum Gasteiger partial charge on any atom is 0.343 e. The van der Waals surface area contributed by atoms with Gasteiger partial charge in [0.2, 0.25) is 0 Å². The maximum absolute atomic E-state index is 12.4. The smallest absolute Gasteiger partial charge is 0.343 e. The summed E-state index contributed by atoms with van der Waals surface area (Å²) in [6.45, 7) is 6.13. The van der Waals surface area contributed by atoms with Crippen molar-refractivity contribution in [1.82, 2.24) is 0 Å². The van der Waals surface area contributed by atoms with E-state index in [0.717, 1.165) is 17.2 Å². The van der Waals surface area contributed by atoms with Crippen molar-refractivity contribution < 1.29 is 14.3 Å². The Morgan fingerprint density at radius 1 is 0.880 bits per heavy atom. The van der Waals surface area contributed by atoms with E-state index in [0.29, 0.717) is 17.1 Å². The number of fused-ring (bicyclic) bond motifs is 1. The van der Waals surface area contributed by atoms with Gasteiger partial charge >= 0.3 is 5.97 Å². The molecule has 0 atom stereocenters. The van der Waals surface area contributed by atoms with Crippen LogP contribution in [0.3, 0.4) is 0 Å². The third kappa shape index (κ3) is 4.18. The zero-order chi connectivity index (χ0) is 17.9. The lowest BCUT2D eigenvalue weighted by Gasteiger charge is -2.25. The van der Waals surface area contributed by atoms with Crippen molar-refractivity contribution in [3.63, 3.8) is 0 Å². The third-order valence-corrected chi connectivity index (χ3v) is 4.25. The van der Waals surface area contributed by atoms with Crippen molar-refractivity contribution in [1.29, 1.82) is 0 Å². The summed E-state index contributed by atoms with van der Waals surface area (Å²) in [5.41, 5.74) is 0.264. The lowest BCUT2D eigenvalue weighted by atomic mass is 10.1. The highest BCUT2D eigenvalue weighted by molar-refractivity contribution is 5.96. The number of carbonyl (C=O) groups excluding carboxylic acids is 1. The zero-order valence-corrected chi connectivity index (χ0v) is 14.8. The zero-order valence-electron chi connectivity index (χ0n) is 14.8. The number of hydrogen-bond donors (Lipinski definition) is 0. The minimum atomic E-state index is -0.377. The van der Waals surface area contributed by atoms with Crippen LogP contribution in [0.1, 0.15) is 37.6 Å². The Bertz CT molecular complexity index is 896. The van der Waals surface area contributed by atoms with E-state index in [9.17, 15) is 4.79 Å². The minimum Gasteiger partial charge on any atom is -0.488 e. The second-order valence-electron chi connectivity index (χ2n) is 6.64. The van der Waals surface area contributed by atoms with Gasteiger partial charge in [-0.15, -0.1) is 0 Å². The molecule has 25 heavy (non-hydrogen) atoms. The number of carbonyl (C=O) groups is 1. The highest BCUT2D eigenvalue weighted by Crippen LogP contribution is 2.26. The molecule has 3 aromatic rings. The summed E-state index contributed by atoms with van der Waals surface area (Å²) in [6, 6.07) is 20.7. The van der Waals surface area contributed by atoms with Crippen LogP contribution in [0.2, 0.25) is 0 Å². The lowest BCUT2D eigenvalue weighted by Crippen LogP contribution is -2.26. The van der Waals surface area contributed by atoms with Crippen molar-refractivity contribution in [2.75, 3.05) is 0 Å². The lowest BCUT2D eigenvalue weighted by molar-refractivity contribution is 0.0733. The number of rotatable bonds is 5. The van der Waals surface area contributed by atoms with Gasteiger partial charge in [0.05, 0.1) is 5.56 Å². The summed E-state index contributed by atoms with van der Waals surface area (Å²) in [5, 5.41) is 2.11. The Kier molecular flexibility index (Phi) is 4.75. The Morgan fingerprint density at radius 2 is 1.60 bits per heavy atom. The van der Waals surface area contributed by atoms with E-state index in [2.05, 4.69) is 6.92 Å². The van der Waals surface area contributed by atoms with Gasteiger partial charge in [0.15, 0.2) is 0 Å². The first-order chi connectivity index (χ1) is 12.0. The standard InChI is InChI=1S/C22H22O3/c1-4-22(2,3)25-20-11-7-10-19(15-20)24-21(23)18-13-12-16-8-5-6-9-17(16)14-18/h5-15H,4H2,1-3H3. The van der Waals surface area contributed by atoms with Crippen LogP contribution >= 0.6 is 0 Å². The molecular weight excluding hydrogens is 312 g/mol. The first-order valence-electron chi connectivity index (χ1n) is 8.47. The summed E-state index contributed by atoms with van der Waals surface area (Å²) in [7, 11) is 0. The monoisotopic (exact) mass is 334 g/mol. The van der Waals surface area contributed by atoms with Gasteiger partial charge in [0.25, 0.3) is 0 Å². The first-order valence-corrected chi connectivity index (χ1v) is 8.47. The van der Waals surface area contributed by atoms with Gasteiger partial charge in [0.1, 0.15) is 17.1 Å². The Balaban J connectivity index is 1.78. The molecular formula is C22H22O3. The minimum absolute atomic E-state index is 0.263. The molecule has 0 heterocycles. The highest BCUT2D eigenvalue weighted by atomic mass is 16.5. The Morgan fingerprint density at radius 3 is 2.36 bits per heavy atom. The summed E-state index contributed by atoms with van der Waals surface area (Å²) in [5.74, 6) is 0.788. The molecule has 3 heteroatoms. The fraction of sp³-hybridized carbons (Fsp3) is 0.227. The number of ether oxygens (including phenoxy) is 2. The average molecular weight is 334 g/mol. The van der Waals surface area contributed by atoms with Crippen LogP contribution in [0.5, 0.6) is 11.5 Å². The van der Waals surface area contributed by atoms with Gasteiger partial charge in [0, 0.05) is 6.07 Å². The van der Waals surface area contributed by atoms with Gasteiger partial charge in [-0.2, -0.15) is 0 Å². The molecule has 3 aromatic carbocycles. The van der Waals surface area contributed by atoms with E-state index < -0.39 is 0 Å². The molecule has 3 rings (SSSR count). The van der Waals surface area contributed by atoms with E-state index in [4.69, 9.17) is 9.47 Å². The van der Waals surface area contributed by atoms with Crippen LogP contribution in [0.4, 0.5) is 0 Å². The second kappa shape index (κ2) is 6.98. The predicted octanol–water partition coefficient (Wildman–Crippen LogP) is 5.63. The number of benzene rings is 3. The molecule has 0 bridgehead atoms. The van der Waals surface area contributed by atoms with Gasteiger partial charge in [-0.3, -0.25) is 0 Å². The molecule has 0 N–H and O–H groups in total. The second-order valence-corrected chi connectivity index (χ2v) is 6.64. The van der Waals surface area contributed by atoms with Crippen molar-refractivity contribution in [2.45, 2.75) is 32.8 Å². The van der Waals surface area contributed by atoms with Crippen molar-refractivity contribution in [3.8, 4) is 11.5 Å². The summed E-state index contributed by atoms with van der Waals surface area (Å²) >= 11 is 0. The molecule has 0 aromatic heterocycles. The van der Waals surface area contributed by atoms with Crippen LogP contribution in [-0.2, 0) is 0 Å². The molecule has 0 aliphatic carbocycles. The van der Waals surface area contributed by atoms with E-state index in [1.54, 1.807) is 18.2 Å². The van der Waals surface area contributed by atoms with E-state index in [1.807, 2.05) is 62.4 Å². The summed E-state index contributed by atoms with van der Waals surface area (Å²) in [6.07, 6.45) is 0.883. The quantitative estimate of drug-likeness (QED) is 0.448. The maximum atomic E-state index is 12.4. The summed E-state index contributed by atoms with van der Waals surface area (Å²) < 4.78 is 11.5. The Hall–Kier alpha value is -2.81. The molecule has 128 valence electrons. The fourth-order valence-corrected chi connectivity index (χ4v) is 2.47. The van der Waals surface area contributed by atoms with E-state index >= 15 is 0 Å². The SMILES string of the molecule is CCC(C)(C)Oc1cccc(OC(=O)c2ccc3ccccc3c2)c1. The number of hydrogen-bond acceptors (Lipinski definition) is 3. The molecule has 0 aliphatic heterocycles. The molecule has 0 aliphatic rings. The molecule has 0 unspecified atom stereocenters. The topological polar surface area (TPSA) is 35.5 Å². The van der Waals surface area contributed by atoms with E-state index in [1.165, 1.54) is 0 Å². The Labute approximate surface area is 148 Å². The first kappa shape index (κ1) is 17.0. The molecule has 0 fully saturated rings. The van der Waals surface area contributed by atoms with Gasteiger partial charge in [-0.25, -0.2) is 4.79 Å². The molecule has 0 saturated carbocycles. The molecule has 0 spiro atoms. The van der Waals surface area contributed by atoms with Crippen LogP contribution in [-0.4, -0.2) is 11.6 Å². The van der Waals surface area contributed by atoms with Crippen LogP contribution < -0.4 is 9.47 Å². The van der Waals surface area contributed by atoms with Crippen molar-refractivity contribution in [3.05, 3.63) is 72.3 Å². The van der Waals surface area contributed by atoms with Crippen LogP contribution in [0.15, 0.2) is 66.7 Å². The molecule has 0 amide bonds. The molecule has 0 saturated heterocycles. The molecule has 0 radical (unpaired) electrons.